The van der Waals surface area contributed by atoms with Gasteiger partial charge in [0.05, 0.1) is 6.61 Å². The summed E-state index contributed by atoms with van der Waals surface area (Å²) in [4.78, 5) is 23.2. The average Bonchev–Trinajstić information content (AvgIpc) is 2.39. The first-order chi connectivity index (χ1) is 8.67. The third kappa shape index (κ3) is 4.57. The van der Waals surface area contributed by atoms with Crippen LogP contribution in [-0.2, 0) is 20.7 Å². The van der Waals surface area contributed by atoms with E-state index >= 15 is 0 Å². The average molecular weight is 249 g/mol. The molecule has 0 aliphatic carbocycles. The standard InChI is InChI=1S/C14H19NO3/c1-3-13(16)15-12(14(17)18-4-2)10-11-8-6-5-7-9-11/h5-9,12H,3-4,10H2,1-2H3,(H,15,16)/t12-/m0/s1. The fraction of sp³-hybridized carbons (Fsp3) is 0.429. The number of ether oxygens (including phenoxy) is 1. The van der Waals surface area contributed by atoms with E-state index in [9.17, 15) is 9.59 Å². The molecule has 0 saturated heterocycles. The zero-order chi connectivity index (χ0) is 13.4. The molecule has 1 rings (SSSR count). The Bertz CT molecular complexity index is 389. The first kappa shape index (κ1) is 14.2. The highest BCUT2D eigenvalue weighted by molar-refractivity contribution is 5.84. The Labute approximate surface area is 107 Å². The van der Waals surface area contributed by atoms with Crippen LogP contribution in [0.15, 0.2) is 30.3 Å². The molecular formula is C14H19NO3. The van der Waals surface area contributed by atoms with Crippen molar-refractivity contribution in [2.45, 2.75) is 32.7 Å². The third-order valence-electron chi connectivity index (χ3n) is 2.51. The molecule has 0 spiro atoms. The van der Waals surface area contributed by atoms with Crippen molar-refractivity contribution < 1.29 is 14.3 Å². The van der Waals surface area contributed by atoms with Gasteiger partial charge in [-0.25, -0.2) is 4.79 Å². The summed E-state index contributed by atoms with van der Waals surface area (Å²) in [6.45, 7) is 3.81. The number of carbonyl (C=O) groups is 2. The summed E-state index contributed by atoms with van der Waals surface area (Å²) in [6, 6.07) is 8.94. The van der Waals surface area contributed by atoms with Crippen molar-refractivity contribution >= 4 is 11.9 Å². The molecule has 0 aromatic heterocycles. The predicted octanol–water partition coefficient (Wildman–Crippen LogP) is 1.69. The summed E-state index contributed by atoms with van der Waals surface area (Å²) in [5, 5.41) is 2.69. The van der Waals surface area contributed by atoms with Gasteiger partial charge in [-0.1, -0.05) is 37.3 Å². The summed E-state index contributed by atoms with van der Waals surface area (Å²) < 4.78 is 4.97. The van der Waals surface area contributed by atoms with Crippen LogP contribution in [0.2, 0.25) is 0 Å². The fourth-order valence-corrected chi connectivity index (χ4v) is 1.58. The minimum absolute atomic E-state index is 0.149. The number of carbonyl (C=O) groups excluding carboxylic acids is 2. The molecule has 0 bridgehead atoms. The maximum absolute atomic E-state index is 11.8. The molecule has 0 aliphatic rings. The number of hydrogen-bond donors (Lipinski definition) is 1. The van der Waals surface area contributed by atoms with Gasteiger partial charge in [0.1, 0.15) is 6.04 Å². The van der Waals surface area contributed by atoms with E-state index in [1.54, 1.807) is 13.8 Å². The van der Waals surface area contributed by atoms with E-state index in [0.29, 0.717) is 19.4 Å². The molecule has 0 saturated carbocycles. The summed E-state index contributed by atoms with van der Waals surface area (Å²) in [7, 11) is 0. The SMILES string of the molecule is CCOC(=O)[C@H](Cc1ccccc1)NC(=O)CC. The molecule has 0 radical (unpaired) electrons. The summed E-state index contributed by atoms with van der Waals surface area (Å²) in [5.41, 5.74) is 0.993. The lowest BCUT2D eigenvalue weighted by molar-refractivity contribution is -0.147. The molecule has 1 aromatic carbocycles. The number of hydrogen-bond acceptors (Lipinski definition) is 3. The normalized spacial score (nSPS) is 11.7. The van der Waals surface area contributed by atoms with Crippen molar-refractivity contribution in [3.8, 4) is 0 Å². The maximum Gasteiger partial charge on any atom is 0.328 e. The smallest absolute Gasteiger partial charge is 0.328 e. The Morgan fingerprint density at radius 1 is 1.22 bits per heavy atom. The topological polar surface area (TPSA) is 55.4 Å². The Morgan fingerprint density at radius 3 is 2.44 bits per heavy atom. The predicted molar refractivity (Wildman–Crippen MR) is 69.0 cm³/mol. The van der Waals surface area contributed by atoms with Gasteiger partial charge in [0.2, 0.25) is 5.91 Å². The van der Waals surface area contributed by atoms with Crippen LogP contribution in [0.5, 0.6) is 0 Å². The number of esters is 1. The molecule has 0 heterocycles. The second-order valence-electron chi connectivity index (χ2n) is 3.92. The van der Waals surface area contributed by atoms with Crippen molar-refractivity contribution in [2.24, 2.45) is 0 Å². The van der Waals surface area contributed by atoms with E-state index in [4.69, 9.17) is 4.74 Å². The summed E-state index contributed by atoms with van der Waals surface area (Å²) >= 11 is 0. The highest BCUT2D eigenvalue weighted by Crippen LogP contribution is 2.05. The third-order valence-corrected chi connectivity index (χ3v) is 2.51. The minimum Gasteiger partial charge on any atom is -0.464 e. The van der Waals surface area contributed by atoms with Crippen LogP contribution in [-0.4, -0.2) is 24.5 Å². The van der Waals surface area contributed by atoms with Crippen LogP contribution in [0.25, 0.3) is 0 Å². The Balaban J connectivity index is 2.71. The van der Waals surface area contributed by atoms with E-state index in [-0.39, 0.29) is 11.9 Å². The molecule has 1 aromatic rings. The van der Waals surface area contributed by atoms with Crippen LogP contribution >= 0.6 is 0 Å². The monoisotopic (exact) mass is 249 g/mol. The fourth-order valence-electron chi connectivity index (χ4n) is 1.58. The van der Waals surface area contributed by atoms with E-state index < -0.39 is 6.04 Å². The first-order valence-corrected chi connectivity index (χ1v) is 6.17. The quantitative estimate of drug-likeness (QED) is 0.780. The molecule has 98 valence electrons. The zero-order valence-corrected chi connectivity index (χ0v) is 10.8. The Hall–Kier alpha value is -1.84. The Morgan fingerprint density at radius 2 is 1.89 bits per heavy atom. The lowest BCUT2D eigenvalue weighted by atomic mass is 10.1. The van der Waals surface area contributed by atoms with Crippen LogP contribution in [0.3, 0.4) is 0 Å². The van der Waals surface area contributed by atoms with E-state index in [1.165, 1.54) is 0 Å². The second-order valence-corrected chi connectivity index (χ2v) is 3.92. The lowest BCUT2D eigenvalue weighted by Crippen LogP contribution is -2.43. The van der Waals surface area contributed by atoms with Gasteiger partial charge < -0.3 is 10.1 Å². The molecule has 18 heavy (non-hydrogen) atoms. The van der Waals surface area contributed by atoms with Crippen LogP contribution < -0.4 is 5.32 Å². The lowest BCUT2D eigenvalue weighted by Gasteiger charge is -2.17. The van der Waals surface area contributed by atoms with Gasteiger partial charge in [-0.05, 0) is 12.5 Å². The van der Waals surface area contributed by atoms with Crippen molar-refractivity contribution in [3.05, 3.63) is 35.9 Å². The Kier molecular flexibility index (Phi) is 5.91. The second kappa shape index (κ2) is 7.48. The van der Waals surface area contributed by atoms with Gasteiger partial charge in [-0.3, -0.25) is 4.79 Å². The molecule has 4 nitrogen and oxygen atoms in total. The van der Waals surface area contributed by atoms with Gasteiger partial charge in [-0.15, -0.1) is 0 Å². The van der Waals surface area contributed by atoms with Gasteiger partial charge in [0.25, 0.3) is 0 Å². The highest BCUT2D eigenvalue weighted by Gasteiger charge is 2.21. The minimum atomic E-state index is -0.611. The maximum atomic E-state index is 11.8. The molecule has 1 N–H and O–H groups in total. The van der Waals surface area contributed by atoms with Crippen molar-refractivity contribution in [2.75, 3.05) is 6.61 Å². The van der Waals surface area contributed by atoms with E-state index in [2.05, 4.69) is 5.32 Å². The van der Waals surface area contributed by atoms with Crippen LogP contribution in [0, 0.1) is 0 Å². The number of rotatable bonds is 6. The first-order valence-electron chi connectivity index (χ1n) is 6.17. The number of nitrogens with one attached hydrogen (secondary N) is 1. The van der Waals surface area contributed by atoms with E-state index in [1.807, 2.05) is 30.3 Å². The molecule has 4 heteroatoms. The number of amides is 1. The van der Waals surface area contributed by atoms with Crippen molar-refractivity contribution in [3.63, 3.8) is 0 Å². The molecule has 0 unspecified atom stereocenters. The van der Waals surface area contributed by atoms with Crippen molar-refractivity contribution in [1.29, 1.82) is 0 Å². The largest absolute Gasteiger partial charge is 0.464 e. The zero-order valence-electron chi connectivity index (χ0n) is 10.8. The van der Waals surface area contributed by atoms with Gasteiger partial charge in [0.15, 0.2) is 0 Å². The molecule has 1 atom stereocenters. The summed E-state index contributed by atoms with van der Waals surface area (Å²) in [6.07, 6.45) is 0.802. The van der Waals surface area contributed by atoms with E-state index in [0.717, 1.165) is 5.56 Å². The van der Waals surface area contributed by atoms with Crippen LogP contribution in [0.1, 0.15) is 25.8 Å². The molecular weight excluding hydrogens is 230 g/mol. The van der Waals surface area contributed by atoms with Crippen molar-refractivity contribution in [1.82, 2.24) is 5.32 Å². The van der Waals surface area contributed by atoms with Gasteiger partial charge in [-0.2, -0.15) is 0 Å². The molecule has 1 amide bonds. The molecule has 0 aliphatic heterocycles. The number of benzene rings is 1. The van der Waals surface area contributed by atoms with Crippen LogP contribution in [0.4, 0.5) is 0 Å². The summed E-state index contributed by atoms with van der Waals surface area (Å²) in [5.74, 6) is -0.535. The van der Waals surface area contributed by atoms with Gasteiger partial charge >= 0.3 is 5.97 Å². The van der Waals surface area contributed by atoms with Gasteiger partial charge in [0, 0.05) is 12.8 Å². The highest BCUT2D eigenvalue weighted by atomic mass is 16.5. The molecule has 0 fully saturated rings.